The van der Waals surface area contributed by atoms with E-state index in [1.54, 1.807) is 43.3 Å². The second kappa shape index (κ2) is 13.5. The highest BCUT2D eigenvalue weighted by atomic mass is 32.2. The number of carbonyl (C=O) groups is 2. The summed E-state index contributed by atoms with van der Waals surface area (Å²) in [5.74, 6) is -1.29. The van der Waals surface area contributed by atoms with Gasteiger partial charge in [-0.05, 0) is 61.2 Å². The second-order valence-electron chi connectivity index (χ2n) is 10.9. The van der Waals surface area contributed by atoms with E-state index >= 15 is 0 Å². The number of methoxy groups -OCH3 is 1. The van der Waals surface area contributed by atoms with Crippen LogP contribution in [-0.2, 0) is 15.3 Å². The Morgan fingerprint density at radius 2 is 1.89 bits per heavy atom. The van der Waals surface area contributed by atoms with Crippen molar-refractivity contribution in [1.82, 2.24) is 19.6 Å². The number of ether oxygens (including phenoxy) is 2. The number of benzene rings is 2. The summed E-state index contributed by atoms with van der Waals surface area (Å²) in [7, 11) is 1.51. The average molecular weight is 674 g/mol. The number of aliphatic hydroxyl groups excluding tert-OH is 1. The first kappa shape index (κ1) is 32.2. The number of thioether (sulfide) groups is 1. The smallest absolute Gasteiger partial charge is 0.301 e. The van der Waals surface area contributed by atoms with Crippen LogP contribution in [0.15, 0.2) is 70.7 Å². The number of aryl methyl sites for hydroxylation is 2. The van der Waals surface area contributed by atoms with Gasteiger partial charge in [0.05, 0.1) is 31.0 Å². The largest absolute Gasteiger partial charge is 0.505 e. The summed E-state index contributed by atoms with van der Waals surface area (Å²) in [6, 6.07) is 14.3. The molecule has 0 aliphatic carbocycles. The molecule has 4 heterocycles. The van der Waals surface area contributed by atoms with Crippen molar-refractivity contribution in [3.63, 3.8) is 0 Å². The van der Waals surface area contributed by atoms with Gasteiger partial charge in [0.25, 0.3) is 5.78 Å². The van der Waals surface area contributed by atoms with E-state index in [2.05, 4.69) is 22.1 Å². The van der Waals surface area contributed by atoms with E-state index in [0.717, 1.165) is 29.7 Å². The molecule has 1 saturated heterocycles. The molecule has 0 spiro atoms. The average Bonchev–Trinajstić information content (AvgIpc) is 3.75. The van der Waals surface area contributed by atoms with E-state index in [-0.39, 0.29) is 22.2 Å². The van der Waals surface area contributed by atoms with Crippen molar-refractivity contribution < 1.29 is 28.6 Å². The van der Waals surface area contributed by atoms with E-state index in [9.17, 15) is 19.1 Å². The number of fused-ring (bicyclic) bond motifs is 1. The van der Waals surface area contributed by atoms with Crippen LogP contribution in [0.3, 0.4) is 0 Å². The SMILES string of the molecule is CCCCOc1ccc(C2C(=C(O)c3nc4c(C)cccn4c3C)C(=O)C(=O)N2c2nnc(SCc3ccccc3F)s2)cc1OC. The third-order valence-electron chi connectivity index (χ3n) is 7.92. The van der Waals surface area contributed by atoms with Gasteiger partial charge in [-0.3, -0.25) is 14.5 Å². The third kappa shape index (κ3) is 6.08. The Hall–Kier alpha value is -4.75. The standard InChI is InChI=1S/C34H32FN5O5S2/c1-5-6-16-45-24-14-13-21(17-25(24)44-4)28-26(29(41)27-20(3)39-15-9-10-19(2)31(39)36-27)30(42)32(43)40(28)33-37-38-34(47-33)46-18-22-11-7-8-12-23(22)35/h7-15,17,28,41H,5-6,16,18H2,1-4H3. The van der Waals surface area contributed by atoms with Crippen LogP contribution in [0, 0.1) is 19.7 Å². The van der Waals surface area contributed by atoms with Crippen LogP contribution in [0.1, 0.15) is 53.9 Å². The highest BCUT2D eigenvalue weighted by Crippen LogP contribution is 2.46. The van der Waals surface area contributed by atoms with Crippen LogP contribution in [0.4, 0.5) is 9.52 Å². The Bertz CT molecular complexity index is 2020. The highest BCUT2D eigenvalue weighted by Gasteiger charge is 2.49. The fraction of sp³-hybridized carbons (Fsp3) is 0.265. The van der Waals surface area contributed by atoms with Gasteiger partial charge >= 0.3 is 5.91 Å². The van der Waals surface area contributed by atoms with E-state index in [4.69, 9.17) is 9.47 Å². The molecule has 1 atom stereocenters. The molecule has 0 radical (unpaired) electrons. The second-order valence-corrected chi connectivity index (χ2v) is 13.1. The number of unbranched alkanes of at least 4 members (excludes halogenated alkanes) is 1. The summed E-state index contributed by atoms with van der Waals surface area (Å²) in [4.78, 5) is 33.6. The van der Waals surface area contributed by atoms with E-state index in [1.807, 2.05) is 29.7 Å². The first-order valence-electron chi connectivity index (χ1n) is 15.0. The number of imidazole rings is 1. The summed E-state index contributed by atoms with van der Waals surface area (Å²) < 4.78 is 28.1. The van der Waals surface area contributed by atoms with Gasteiger partial charge < -0.3 is 19.0 Å². The molecule has 1 amide bonds. The van der Waals surface area contributed by atoms with Crippen molar-refractivity contribution in [2.45, 2.75) is 49.7 Å². The van der Waals surface area contributed by atoms with Gasteiger partial charge in [-0.15, -0.1) is 10.2 Å². The molecule has 6 rings (SSSR count). The fourth-order valence-electron chi connectivity index (χ4n) is 5.43. The number of hydrogen-bond acceptors (Lipinski definition) is 10. The number of halogens is 1. The fourth-order valence-corrected chi connectivity index (χ4v) is 7.29. The molecule has 1 aliphatic rings. The maximum absolute atomic E-state index is 14.2. The van der Waals surface area contributed by atoms with Crippen LogP contribution in [0.2, 0.25) is 0 Å². The minimum absolute atomic E-state index is 0.142. The van der Waals surface area contributed by atoms with Crippen LogP contribution < -0.4 is 14.4 Å². The van der Waals surface area contributed by atoms with Gasteiger partial charge in [0.15, 0.2) is 21.6 Å². The topological polar surface area (TPSA) is 119 Å². The van der Waals surface area contributed by atoms with Gasteiger partial charge in [-0.2, -0.15) is 0 Å². The molecule has 5 aromatic rings. The lowest BCUT2D eigenvalue weighted by Crippen LogP contribution is -2.29. The first-order chi connectivity index (χ1) is 22.7. The van der Waals surface area contributed by atoms with Crippen molar-refractivity contribution in [2.75, 3.05) is 18.6 Å². The molecule has 1 aliphatic heterocycles. The van der Waals surface area contributed by atoms with Gasteiger partial charge in [0.1, 0.15) is 17.2 Å². The molecule has 13 heteroatoms. The lowest BCUT2D eigenvalue weighted by atomic mass is 9.96. The van der Waals surface area contributed by atoms with Gasteiger partial charge in [-0.25, -0.2) is 9.37 Å². The zero-order valence-electron chi connectivity index (χ0n) is 26.2. The van der Waals surface area contributed by atoms with Crippen LogP contribution in [-0.4, -0.2) is 50.1 Å². The third-order valence-corrected chi connectivity index (χ3v) is 10.0. The Balaban J connectivity index is 1.45. The number of carbonyl (C=O) groups excluding carboxylic acids is 2. The molecular formula is C34H32FN5O5S2. The van der Waals surface area contributed by atoms with Crippen molar-refractivity contribution in [3.8, 4) is 11.5 Å². The number of nitrogens with zero attached hydrogens (tertiary/aromatic N) is 5. The zero-order valence-corrected chi connectivity index (χ0v) is 27.8. The predicted molar refractivity (Wildman–Crippen MR) is 179 cm³/mol. The van der Waals surface area contributed by atoms with Gasteiger partial charge in [0, 0.05) is 11.9 Å². The Morgan fingerprint density at radius 1 is 1.09 bits per heavy atom. The monoisotopic (exact) mass is 673 g/mol. The number of amides is 1. The first-order valence-corrected chi connectivity index (χ1v) is 16.8. The molecular weight excluding hydrogens is 642 g/mol. The summed E-state index contributed by atoms with van der Waals surface area (Å²) in [5, 5.41) is 20.5. The van der Waals surface area contributed by atoms with Crippen molar-refractivity contribution in [2.24, 2.45) is 0 Å². The highest BCUT2D eigenvalue weighted by molar-refractivity contribution is 8.00. The predicted octanol–water partition coefficient (Wildman–Crippen LogP) is 7.05. The maximum Gasteiger partial charge on any atom is 0.301 e. The maximum atomic E-state index is 14.2. The molecule has 10 nitrogen and oxygen atoms in total. The summed E-state index contributed by atoms with van der Waals surface area (Å²) in [6.45, 7) is 6.25. The molecule has 47 heavy (non-hydrogen) atoms. The van der Waals surface area contributed by atoms with E-state index < -0.39 is 23.5 Å². The zero-order chi connectivity index (χ0) is 33.2. The number of rotatable bonds is 11. The Morgan fingerprint density at radius 3 is 2.64 bits per heavy atom. The van der Waals surface area contributed by atoms with Crippen LogP contribution >= 0.6 is 23.1 Å². The summed E-state index contributed by atoms with van der Waals surface area (Å²) >= 11 is 2.36. The lowest BCUT2D eigenvalue weighted by Gasteiger charge is -2.23. The minimum Gasteiger partial charge on any atom is -0.505 e. The lowest BCUT2D eigenvalue weighted by molar-refractivity contribution is -0.132. The van der Waals surface area contributed by atoms with Crippen LogP contribution in [0.5, 0.6) is 11.5 Å². The van der Waals surface area contributed by atoms with Gasteiger partial charge in [0.2, 0.25) is 5.13 Å². The number of hydrogen-bond donors (Lipinski definition) is 1. The number of ketones is 1. The number of pyridine rings is 1. The Kier molecular flexibility index (Phi) is 9.28. The van der Waals surface area contributed by atoms with Crippen molar-refractivity contribution in [3.05, 3.63) is 100 Å². The molecule has 1 N–H and O–H groups in total. The van der Waals surface area contributed by atoms with Crippen molar-refractivity contribution >= 4 is 51.3 Å². The molecule has 3 aromatic heterocycles. The molecule has 1 unspecified atom stereocenters. The van der Waals surface area contributed by atoms with Crippen LogP contribution in [0.25, 0.3) is 11.4 Å². The molecule has 2 aromatic carbocycles. The minimum atomic E-state index is -1.09. The summed E-state index contributed by atoms with van der Waals surface area (Å²) in [5.41, 5.74) is 3.13. The molecule has 0 saturated carbocycles. The summed E-state index contributed by atoms with van der Waals surface area (Å²) in [6.07, 6.45) is 3.64. The van der Waals surface area contributed by atoms with Crippen molar-refractivity contribution in [1.29, 1.82) is 0 Å². The number of Topliss-reactive ketones (excluding diaryl/α,β-unsaturated/α-hetero) is 1. The van der Waals surface area contributed by atoms with Gasteiger partial charge in [-0.1, -0.05) is 66.8 Å². The normalized spacial score (nSPS) is 15.9. The quantitative estimate of drug-likeness (QED) is 0.0393. The van der Waals surface area contributed by atoms with E-state index in [0.29, 0.717) is 50.7 Å². The molecule has 242 valence electrons. The molecule has 0 bridgehead atoms. The molecule has 1 fully saturated rings. The number of anilines is 1. The van der Waals surface area contributed by atoms with E-state index in [1.165, 1.54) is 29.8 Å². The number of aromatic nitrogens is 4. The number of aliphatic hydroxyl groups is 1. The Labute approximate surface area is 278 Å².